The van der Waals surface area contributed by atoms with Gasteiger partial charge in [0, 0.05) is 23.5 Å². The maximum Gasteiger partial charge on any atom is 0.307 e. The standard InChI is InChI=1S/C14H12N2O4/c17-14(18)9-10-3-1-2-4-13(10)15-11-5-7-12(8-6-11)16(19)20/h1-8,15H,9H2,(H,17,18). The van der Waals surface area contributed by atoms with Gasteiger partial charge in [-0.1, -0.05) is 18.2 Å². The number of nitrogens with zero attached hydrogens (tertiary/aromatic N) is 1. The van der Waals surface area contributed by atoms with Gasteiger partial charge in [-0.25, -0.2) is 0 Å². The van der Waals surface area contributed by atoms with Gasteiger partial charge in [-0.2, -0.15) is 0 Å². The summed E-state index contributed by atoms with van der Waals surface area (Å²) in [5.74, 6) is -0.914. The molecule has 0 spiro atoms. The summed E-state index contributed by atoms with van der Waals surface area (Å²) >= 11 is 0. The van der Waals surface area contributed by atoms with Crippen LogP contribution in [-0.2, 0) is 11.2 Å². The number of hydrogen-bond donors (Lipinski definition) is 2. The van der Waals surface area contributed by atoms with Gasteiger partial charge < -0.3 is 10.4 Å². The molecule has 102 valence electrons. The molecule has 0 saturated carbocycles. The molecule has 0 bridgehead atoms. The van der Waals surface area contributed by atoms with E-state index in [1.165, 1.54) is 12.1 Å². The molecule has 2 rings (SSSR count). The third-order valence-electron chi connectivity index (χ3n) is 2.72. The summed E-state index contributed by atoms with van der Waals surface area (Å²) in [6.07, 6.45) is -0.0871. The first-order valence-electron chi connectivity index (χ1n) is 5.87. The van der Waals surface area contributed by atoms with Crippen LogP contribution in [0.4, 0.5) is 17.1 Å². The maximum absolute atomic E-state index is 10.8. The van der Waals surface area contributed by atoms with Crippen molar-refractivity contribution in [3.8, 4) is 0 Å². The Balaban J connectivity index is 2.21. The highest BCUT2D eigenvalue weighted by Crippen LogP contribution is 2.23. The number of carboxylic acid groups (broad SMARTS) is 1. The Kier molecular flexibility index (Phi) is 3.95. The Hall–Kier alpha value is -2.89. The van der Waals surface area contributed by atoms with E-state index in [-0.39, 0.29) is 12.1 Å². The van der Waals surface area contributed by atoms with Crippen molar-refractivity contribution < 1.29 is 14.8 Å². The van der Waals surface area contributed by atoms with Gasteiger partial charge in [-0.15, -0.1) is 0 Å². The van der Waals surface area contributed by atoms with E-state index in [2.05, 4.69) is 5.32 Å². The van der Waals surface area contributed by atoms with Crippen LogP contribution in [0.15, 0.2) is 48.5 Å². The molecule has 0 amide bonds. The van der Waals surface area contributed by atoms with Crippen molar-refractivity contribution in [1.82, 2.24) is 0 Å². The van der Waals surface area contributed by atoms with E-state index in [0.717, 1.165) is 0 Å². The number of aliphatic carboxylic acids is 1. The Bertz CT molecular complexity index is 638. The second kappa shape index (κ2) is 5.83. The lowest BCUT2D eigenvalue weighted by molar-refractivity contribution is -0.384. The molecule has 0 aliphatic rings. The lowest BCUT2D eigenvalue weighted by atomic mass is 10.1. The van der Waals surface area contributed by atoms with Gasteiger partial charge in [-0.3, -0.25) is 14.9 Å². The van der Waals surface area contributed by atoms with Gasteiger partial charge in [0.25, 0.3) is 5.69 Å². The van der Waals surface area contributed by atoms with Gasteiger partial charge in [-0.05, 0) is 23.8 Å². The minimum absolute atomic E-state index is 0.00868. The number of nitro benzene ring substituents is 1. The largest absolute Gasteiger partial charge is 0.481 e. The Morgan fingerprint density at radius 3 is 2.40 bits per heavy atom. The van der Waals surface area contributed by atoms with Crippen LogP contribution >= 0.6 is 0 Å². The van der Waals surface area contributed by atoms with E-state index >= 15 is 0 Å². The zero-order valence-electron chi connectivity index (χ0n) is 10.4. The number of carboxylic acids is 1. The molecule has 2 aromatic carbocycles. The van der Waals surface area contributed by atoms with E-state index in [1.54, 1.807) is 36.4 Å². The second-order valence-corrected chi connectivity index (χ2v) is 4.16. The first-order chi connectivity index (χ1) is 9.56. The smallest absolute Gasteiger partial charge is 0.307 e. The normalized spacial score (nSPS) is 10.0. The van der Waals surface area contributed by atoms with Crippen LogP contribution in [0.5, 0.6) is 0 Å². The zero-order valence-corrected chi connectivity index (χ0v) is 10.4. The van der Waals surface area contributed by atoms with Crippen molar-refractivity contribution in [2.75, 3.05) is 5.32 Å². The summed E-state index contributed by atoms with van der Waals surface area (Å²) in [6.45, 7) is 0. The summed E-state index contributed by atoms with van der Waals surface area (Å²) in [5, 5.41) is 22.5. The zero-order chi connectivity index (χ0) is 14.5. The van der Waals surface area contributed by atoms with Crippen LogP contribution in [-0.4, -0.2) is 16.0 Å². The van der Waals surface area contributed by atoms with Crippen molar-refractivity contribution >= 4 is 23.0 Å². The van der Waals surface area contributed by atoms with Crippen molar-refractivity contribution in [3.05, 3.63) is 64.2 Å². The number of nitrogens with one attached hydrogen (secondary N) is 1. The van der Waals surface area contributed by atoms with E-state index in [1.807, 2.05) is 0 Å². The Labute approximate surface area is 114 Å². The van der Waals surface area contributed by atoms with Gasteiger partial charge >= 0.3 is 5.97 Å². The van der Waals surface area contributed by atoms with Crippen molar-refractivity contribution in [2.45, 2.75) is 6.42 Å². The first-order valence-corrected chi connectivity index (χ1v) is 5.87. The highest BCUT2D eigenvalue weighted by molar-refractivity contribution is 5.75. The molecule has 6 nitrogen and oxygen atoms in total. The number of benzene rings is 2. The molecule has 0 radical (unpaired) electrons. The van der Waals surface area contributed by atoms with Gasteiger partial charge in [0.2, 0.25) is 0 Å². The summed E-state index contributed by atoms with van der Waals surface area (Å²) in [5.41, 5.74) is 1.99. The molecule has 6 heteroatoms. The first kappa shape index (κ1) is 13.5. The Morgan fingerprint density at radius 1 is 1.15 bits per heavy atom. The molecule has 0 heterocycles. The van der Waals surface area contributed by atoms with E-state index in [9.17, 15) is 14.9 Å². The summed E-state index contributed by atoms with van der Waals surface area (Å²) in [6, 6.07) is 13.0. The predicted molar refractivity (Wildman–Crippen MR) is 74.2 cm³/mol. The van der Waals surface area contributed by atoms with Crippen LogP contribution < -0.4 is 5.32 Å². The van der Waals surface area contributed by atoms with Crippen LogP contribution in [0.3, 0.4) is 0 Å². The number of carbonyl (C=O) groups is 1. The van der Waals surface area contributed by atoms with Crippen LogP contribution in [0.1, 0.15) is 5.56 Å². The van der Waals surface area contributed by atoms with E-state index < -0.39 is 10.9 Å². The lowest BCUT2D eigenvalue weighted by Crippen LogP contribution is -2.03. The summed E-state index contributed by atoms with van der Waals surface area (Å²) < 4.78 is 0. The number of non-ortho nitro benzene ring substituents is 1. The molecule has 0 atom stereocenters. The topological polar surface area (TPSA) is 92.5 Å². The SMILES string of the molecule is O=C(O)Cc1ccccc1Nc1ccc([N+](=O)[O-])cc1. The average Bonchev–Trinajstić information content (AvgIpc) is 2.41. The quantitative estimate of drug-likeness (QED) is 0.644. The minimum Gasteiger partial charge on any atom is -0.481 e. The molecule has 20 heavy (non-hydrogen) atoms. The number of hydrogen-bond acceptors (Lipinski definition) is 4. The number of rotatable bonds is 5. The molecule has 0 saturated heterocycles. The van der Waals surface area contributed by atoms with Gasteiger partial charge in [0.15, 0.2) is 0 Å². The fraction of sp³-hybridized carbons (Fsp3) is 0.0714. The van der Waals surface area contributed by atoms with Crippen LogP contribution in [0, 0.1) is 10.1 Å². The van der Waals surface area contributed by atoms with Crippen molar-refractivity contribution in [3.63, 3.8) is 0 Å². The average molecular weight is 272 g/mol. The predicted octanol–water partition coefficient (Wildman–Crippen LogP) is 2.97. The molecule has 2 N–H and O–H groups in total. The highest BCUT2D eigenvalue weighted by Gasteiger charge is 2.08. The third kappa shape index (κ3) is 3.32. The van der Waals surface area contributed by atoms with Gasteiger partial charge in [0.05, 0.1) is 11.3 Å². The molecule has 2 aromatic rings. The number of nitro groups is 1. The monoisotopic (exact) mass is 272 g/mol. The Morgan fingerprint density at radius 2 is 1.80 bits per heavy atom. The fourth-order valence-electron chi connectivity index (χ4n) is 1.78. The fourth-order valence-corrected chi connectivity index (χ4v) is 1.78. The minimum atomic E-state index is -0.914. The number of para-hydroxylation sites is 1. The molecule has 0 unspecified atom stereocenters. The molecule has 0 aliphatic heterocycles. The molecule has 0 aromatic heterocycles. The van der Waals surface area contributed by atoms with Crippen molar-refractivity contribution in [1.29, 1.82) is 0 Å². The van der Waals surface area contributed by atoms with Gasteiger partial charge in [0.1, 0.15) is 0 Å². The second-order valence-electron chi connectivity index (χ2n) is 4.16. The molecular formula is C14H12N2O4. The maximum atomic E-state index is 10.8. The van der Waals surface area contributed by atoms with E-state index in [4.69, 9.17) is 5.11 Å². The molecule has 0 fully saturated rings. The summed E-state index contributed by atoms with van der Waals surface area (Å²) in [7, 11) is 0. The number of anilines is 2. The van der Waals surface area contributed by atoms with E-state index in [0.29, 0.717) is 16.9 Å². The highest BCUT2D eigenvalue weighted by atomic mass is 16.6. The van der Waals surface area contributed by atoms with Crippen LogP contribution in [0.25, 0.3) is 0 Å². The van der Waals surface area contributed by atoms with Crippen molar-refractivity contribution in [2.24, 2.45) is 0 Å². The lowest BCUT2D eigenvalue weighted by Gasteiger charge is -2.10. The van der Waals surface area contributed by atoms with Crippen LogP contribution in [0.2, 0.25) is 0 Å². The summed E-state index contributed by atoms with van der Waals surface area (Å²) in [4.78, 5) is 20.9. The molecule has 0 aliphatic carbocycles. The molecular weight excluding hydrogens is 260 g/mol. The third-order valence-corrected chi connectivity index (χ3v) is 2.72.